The van der Waals surface area contributed by atoms with Gasteiger partial charge in [-0.3, -0.25) is 10.2 Å². The minimum atomic E-state index is -1.17. The van der Waals surface area contributed by atoms with Crippen molar-refractivity contribution in [2.24, 2.45) is 5.73 Å². The fourth-order valence-electron chi connectivity index (χ4n) is 2.97. The lowest BCUT2D eigenvalue weighted by Crippen LogP contribution is -2.25. The molecular weight excluding hydrogens is 294 g/mol. The number of carboxylic acids is 1. The normalized spacial score (nSPS) is 16.7. The zero-order valence-corrected chi connectivity index (χ0v) is 12.5. The Morgan fingerprint density at radius 3 is 2.87 bits per heavy atom. The summed E-state index contributed by atoms with van der Waals surface area (Å²) in [6.45, 7) is 1.38. The Kier molecular flexibility index (Phi) is 3.73. The van der Waals surface area contributed by atoms with Crippen molar-refractivity contribution < 1.29 is 14.7 Å². The highest BCUT2D eigenvalue weighted by molar-refractivity contribution is 6.18. The molecule has 1 aliphatic heterocycles. The van der Waals surface area contributed by atoms with E-state index in [1.807, 2.05) is 18.2 Å². The number of nitrogens with zero attached hydrogens (tertiary/aromatic N) is 1. The second-order valence-corrected chi connectivity index (χ2v) is 5.70. The van der Waals surface area contributed by atoms with Crippen molar-refractivity contribution in [2.75, 3.05) is 18.0 Å². The molecule has 0 fully saturated rings. The number of nitrogen functional groups attached to an aromatic ring is 1. The smallest absolute Gasteiger partial charge is 0.339 e. The van der Waals surface area contributed by atoms with Gasteiger partial charge in [0, 0.05) is 30.8 Å². The lowest BCUT2D eigenvalue weighted by molar-refractivity contribution is -0.134. The molecule has 1 aromatic carbocycles. The molecule has 0 saturated carbocycles. The van der Waals surface area contributed by atoms with Gasteiger partial charge < -0.3 is 15.7 Å². The third kappa shape index (κ3) is 2.88. The van der Waals surface area contributed by atoms with Crippen LogP contribution in [0.2, 0.25) is 0 Å². The second-order valence-electron chi connectivity index (χ2n) is 5.70. The lowest BCUT2D eigenvalue weighted by atomic mass is 9.98. The van der Waals surface area contributed by atoms with Gasteiger partial charge in [0.15, 0.2) is 5.78 Å². The SMILES string of the molecule is N=C(N)c1ccc2c(c1)CCN2CC1=CCC(=O)C(C(=O)O)=C1. The molecule has 4 N–H and O–H groups in total. The van der Waals surface area contributed by atoms with Crippen molar-refractivity contribution in [3.8, 4) is 0 Å². The molecule has 0 amide bonds. The number of rotatable bonds is 4. The molecule has 1 heterocycles. The number of aliphatic carboxylic acids is 1. The van der Waals surface area contributed by atoms with E-state index in [1.54, 1.807) is 6.08 Å². The fourth-order valence-corrected chi connectivity index (χ4v) is 2.97. The number of hydrogen-bond acceptors (Lipinski definition) is 4. The van der Waals surface area contributed by atoms with Crippen LogP contribution in [0.4, 0.5) is 5.69 Å². The first-order valence-electron chi connectivity index (χ1n) is 7.35. The van der Waals surface area contributed by atoms with Crippen LogP contribution in [0.3, 0.4) is 0 Å². The van der Waals surface area contributed by atoms with E-state index in [1.165, 1.54) is 6.08 Å². The number of anilines is 1. The molecule has 0 aromatic heterocycles. The summed E-state index contributed by atoms with van der Waals surface area (Å²) < 4.78 is 0. The van der Waals surface area contributed by atoms with Gasteiger partial charge in [-0.2, -0.15) is 0 Å². The van der Waals surface area contributed by atoms with E-state index in [2.05, 4.69) is 4.90 Å². The Morgan fingerprint density at radius 1 is 1.39 bits per heavy atom. The Morgan fingerprint density at radius 2 is 2.17 bits per heavy atom. The molecule has 0 unspecified atom stereocenters. The summed E-state index contributed by atoms with van der Waals surface area (Å²) >= 11 is 0. The van der Waals surface area contributed by atoms with E-state index in [4.69, 9.17) is 16.2 Å². The number of nitrogens with one attached hydrogen (secondary N) is 1. The standard InChI is InChI=1S/C17H17N3O3/c18-16(19)12-2-3-14-11(8-12)5-6-20(14)9-10-1-4-15(21)13(7-10)17(22)23/h1-3,7-8H,4-6,9H2,(H3,18,19)(H,22,23). The Hall–Kier alpha value is -2.89. The van der Waals surface area contributed by atoms with Crippen LogP contribution in [0, 0.1) is 5.41 Å². The van der Waals surface area contributed by atoms with E-state index in [9.17, 15) is 9.59 Å². The van der Waals surface area contributed by atoms with E-state index in [-0.39, 0.29) is 23.6 Å². The van der Waals surface area contributed by atoms with Crippen molar-refractivity contribution in [3.05, 3.63) is 52.6 Å². The van der Waals surface area contributed by atoms with Gasteiger partial charge >= 0.3 is 5.97 Å². The Balaban J connectivity index is 1.81. The zero-order valence-electron chi connectivity index (χ0n) is 12.5. The van der Waals surface area contributed by atoms with Crippen LogP contribution in [-0.4, -0.2) is 35.8 Å². The number of carbonyl (C=O) groups is 2. The van der Waals surface area contributed by atoms with Crippen molar-refractivity contribution >= 4 is 23.3 Å². The largest absolute Gasteiger partial charge is 0.478 e. The van der Waals surface area contributed by atoms with E-state index in [0.717, 1.165) is 29.8 Å². The molecule has 2 aliphatic rings. The van der Waals surface area contributed by atoms with Crippen molar-refractivity contribution in [1.82, 2.24) is 0 Å². The minimum Gasteiger partial charge on any atom is -0.478 e. The fraction of sp³-hybridized carbons (Fsp3) is 0.235. The summed E-state index contributed by atoms with van der Waals surface area (Å²) in [6, 6.07) is 5.68. The summed E-state index contributed by atoms with van der Waals surface area (Å²) in [4.78, 5) is 24.8. The molecule has 23 heavy (non-hydrogen) atoms. The van der Waals surface area contributed by atoms with Gasteiger partial charge in [-0.05, 0) is 41.8 Å². The third-order valence-electron chi connectivity index (χ3n) is 4.17. The maximum absolute atomic E-state index is 11.6. The molecule has 0 spiro atoms. The molecule has 6 heteroatoms. The number of carbonyl (C=O) groups excluding carboxylic acids is 1. The van der Waals surface area contributed by atoms with E-state index < -0.39 is 5.97 Å². The monoisotopic (exact) mass is 311 g/mol. The molecular formula is C17H17N3O3. The first-order valence-corrected chi connectivity index (χ1v) is 7.35. The van der Waals surface area contributed by atoms with Gasteiger partial charge in [0.1, 0.15) is 11.4 Å². The predicted molar refractivity (Wildman–Crippen MR) is 86.8 cm³/mol. The van der Waals surface area contributed by atoms with Crippen molar-refractivity contribution in [3.63, 3.8) is 0 Å². The number of ketones is 1. The van der Waals surface area contributed by atoms with Crippen LogP contribution in [0.1, 0.15) is 17.5 Å². The maximum atomic E-state index is 11.6. The number of nitrogens with two attached hydrogens (primary N) is 1. The van der Waals surface area contributed by atoms with Crippen LogP contribution < -0.4 is 10.6 Å². The summed E-state index contributed by atoms with van der Waals surface area (Å²) in [7, 11) is 0. The van der Waals surface area contributed by atoms with E-state index >= 15 is 0 Å². The topological polar surface area (TPSA) is 107 Å². The minimum absolute atomic E-state index is 0.0498. The number of hydrogen-bond donors (Lipinski definition) is 3. The molecule has 0 bridgehead atoms. The van der Waals surface area contributed by atoms with Gasteiger partial charge in [-0.15, -0.1) is 0 Å². The molecule has 0 atom stereocenters. The second kappa shape index (κ2) is 5.72. The number of amidine groups is 1. The summed E-state index contributed by atoms with van der Waals surface area (Å²) in [6.07, 6.45) is 4.25. The highest BCUT2D eigenvalue weighted by Crippen LogP contribution is 2.30. The van der Waals surface area contributed by atoms with Gasteiger partial charge in [-0.25, -0.2) is 4.79 Å². The highest BCUT2D eigenvalue weighted by atomic mass is 16.4. The molecule has 3 rings (SSSR count). The Labute approximate surface area is 133 Å². The van der Waals surface area contributed by atoms with Crippen LogP contribution in [-0.2, 0) is 16.0 Å². The number of Topliss-reactive ketones (excluding diaryl/α,β-unsaturated/α-hetero) is 1. The van der Waals surface area contributed by atoms with Crippen LogP contribution in [0.25, 0.3) is 0 Å². The third-order valence-corrected chi connectivity index (χ3v) is 4.17. The van der Waals surface area contributed by atoms with Crippen molar-refractivity contribution in [2.45, 2.75) is 12.8 Å². The molecule has 0 saturated heterocycles. The molecule has 1 aliphatic carbocycles. The first kappa shape index (κ1) is 15.0. The number of benzene rings is 1. The Bertz CT molecular complexity index is 777. The highest BCUT2D eigenvalue weighted by Gasteiger charge is 2.24. The quantitative estimate of drug-likeness (QED) is 0.440. The summed E-state index contributed by atoms with van der Waals surface area (Å²) in [5, 5.41) is 16.6. The summed E-state index contributed by atoms with van der Waals surface area (Å²) in [5.41, 5.74) is 9.12. The number of allylic oxidation sites excluding steroid dienone is 1. The zero-order chi connectivity index (χ0) is 16.6. The van der Waals surface area contributed by atoms with Crippen LogP contribution >= 0.6 is 0 Å². The summed E-state index contributed by atoms with van der Waals surface area (Å²) in [5.74, 6) is -1.48. The molecule has 1 aromatic rings. The van der Waals surface area contributed by atoms with Gasteiger partial charge in [0.2, 0.25) is 0 Å². The van der Waals surface area contributed by atoms with Crippen LogP contribution in [0.5, 0.6) is 0 Å². The van der Waals surface area contributed by atoms with Crippen molar-refractivity contribution in [1.29, 1.82) is 5.41 Å². The molecule has 118 valence electrons. The average Bonchev–Trinajstić information content (AvgIpc) is 2.91. The molecule has 6 nitrogen and oxygen atoms in total. The lowest BCUT2D eigenvalue weighted by Gasteiger charge is -2.22. The molecule has 0 radical (unpaired) electrons. The maximum Gasteiger partial charge on any atom is 0.339 e. The average molecular weight is 311 g/mol. The van der Waals surface area contributed by atoms with Crippen LogP contribution in [0.15, 0.2) is 41.5 Å². The first-order chi connectivity index (χ1) is 11.0. The predicted octanol–water partition coefficient (Wildman–Crippen LogP) is 1.24. The van der Waals surface area contributed by atoms with E-state index in [0.29, 0.717) is 12.1 Å². The van der Waals surface area contributed by atoms with Gasteiger partial charge in [-0.1, -0.05) is 6.08 Å². The van der Waals surface area contributed by atoms with Gasteiger partial charge in [0.25, 0.3) is 0 Å². The number of carboxylic acid groups (broad SMARTS) is 1. The number of fused-ring (bicyclic) bond motifs is 1. The van der Waals surface area contributed by atoms with Gasteiger partial charge in [0.05, 0.1) is 0 Å².